The molecule has 2 bridgehead atoms. The van der Waals surface area contributed by atoms with Gasteiger partial charge in [0.15, 0.2) is 0 Å². The lowest BCUT2D eigenvalue weighted by atomic mass is 9.43. The average Bonchev–Trinajstić information content (AvgIpc) is 3.73. The van der Waals surface area contributed by atoms with Crippen molar-refractivity contribution in [2.75, 3.05) is 26.2 Å². The number of amides is 2. The molecule has 1 aromatic carbocycles. The lowest BCUT2D eigenvalue weighted by molar-refractivity contribution is -0.199. The van der Waals surface area contributed by atoms with Crippen molar-refractivity contribution in [2.24, 2.45) is 29.1 Å². The van der Waals surface area contributed by atoms with E-state index in [1.807, 2.05) is 42.2 Å². The van der Waals surface area contributed by atoms with E-state index in [2.05, 4.69) is 50.9 Å². The standard InChI is InChI=1S/C38H57BN4O5/c1-26(23-36(2,3)42-17-12-13-18-42)30(24-40)34(44)43-19-11-10-16-29(43)25-46-35(45)41-33(20-27-14-8-7-9-15-27)39-47-32-22-28-21-31(37(28,4)5)38(32,6)48-39/h7-9,14-15,26,28-33H,10-13,16-23,25H2,1-6H3,(H,41,45)/t26?,28-,29+,30?,31-,32+,33-,38-/m0/s1. The highest BCUT2D eigenvalue weighted by atomic mass is 16.7. The highest BCUT2D eigenvalue weighted by Crippen LogP contribution is 2.65. The topological polar surface area (TPSA) is 104 Å². The number of hydrogen-bond acceptors (Lipinski definition) is 7. The number of nitrogens with zero attached hydrogens (tertiary/aromatic N) is 3. The third kappa shape index (κ3) is 6.89. The summed E-state index contributed by atoms with van der Waals surface area (Å²) in [7, 11) is -0.585. The lowest BCUT2D eigenvalue weighted by Crippen LogP contribution is -2.65. The first kappa shape index (κ1) is 35.2. The van der Waals surface area contributed by atoms with E-state index < -0.39 is 25.1 Å². The minimum atomic E-state index is -0.728. The van der Waals surface area contributed by atoms with Crippen molar-refractivity contribution in [2.45, 2.75) is 129 Å². The van der Waals surface area contributed by atoms with Crippen LogP contribution in [0.4, 0.5) is 4.79 Å². The summed E-state index contributed by atoms with van der Waals surface area (Å²) in [5.41, 5.74) is 0.849. The molecule has 1 aromatic rings. The molecule has 0 aromatic heterocycles. The number of alkyl carbamates (subject to hydrolysis) is 1. The molecule has 3 saturated carbocycles. The molecule has 3 aliphatic heterocycles. The molecule has 3 saturated heterocycles. The van der Waals surface area contributed by atoms with Gasteiger partial charge in [-0.05, 0) is 120 Å². The molecule has 6 aliphatic rings. The number of likely N-dealkylation sites (tertiary alicyclic amines) is 2. The lowest BCUT2D eigenvalue weighted by Gasteiger charge is -2.64. The first-order valence-electron chi connectivity index (χ1n) is 18.6. The number of nitriles is 1. The Morgan fingerprint density at radius 1 is 1.10 bits per heavy atom. The molecule has 1 N–H and O–H groups in total. The fourth-order valence-electron chi connectivity index (χ4n) is 9.95. The molecular formula is C38H57BN4O5. The van der Waals surface area contributed by atoms with Crippen LogP contribution in [0, 0.1) is 40.4 Å². The summed E-state index contributed by atoms with van der Waals surface area (Å²) in [5.74, 6) is -0.331. The van der Waals surface area contributed by atoms with Crippen molar-refractivity contribution in [1.29, 1.82) is 5.26 Å². The van der Waals surface area contributed by atoms with Crippen LogP contribution in [0.5, 0.6) is 0 Å². The second kappa shape index (κ2) is 14.0. The predicted molar refractivity (Wildman–Crippen MR) is 186 cm³/mol. The van der Waals surface area contributed by atoms with Gasteiger partial charge in [-0.1, -0.05) is 51.1 Å². The van der Waals surface area contributed by atoms with Crippen molar-refractivity contribution in [3.63, 3.8) is 0 Å². The number of nitrogens with one attached hydrogen (secondary N) is 1. The van der Waals surface area contributed by atoms with Gasteiger partial charge >= 0.3 is 13.2 Å². The van der Waals surface area contributed by atoms with Gasteiger partial charge in [-0.15, -0.1) is 0 Å². The third-order valence-corrected chi connectivity index (χ3v) is 13.0. The molecule has 3 heterocycles. The number of hydrogen-bond donors (Lipinski definition) is 1. The second-order valence-corrected chi connectivity index (χ2v) is 16.9. The van der Waals surface area contributed by atoms with Crippen molar-refractivity contribution >= 4 is 19.1 Å². The highest BCUT2D eigenvalue weighted by molar-refractivity contribution is 6.47. The van der Waals surface area contributed by atoms with Crippen molar-refractivity contribution in [3.05, 3.63) is 35.9 Å². The van der Waals surface area contributed by atoms with E-state index in [-0.39, 0.29) is 47.1 Å². The Morgan fingerprint density at radius 2 is 1.81 bits per heavy atom. The Kier molecular flexibility index (Phi) is 10.2. The molecule has 6 fully saturated rings. The number of carbonyl (C=O) groups excluding carboxylic acids is 2. The molecule has 3 aliphatic carbocycles. The molecule has 2 amide bonds. The average molecular weight is 661 g/mol. The van der Waals surface area contributed by atoms with Crippen LogP contribution in [0.25, 0.3) is 0 Å². The Hall–Kier alpha value is -2.61. The smallest absolute Gasteiger partial charge is 0.447 e. The van der Waals surface area contributed by atoms with Gasteiger partial charge in [0.1, 0.15) is 12.5 Å². The molecule has 2 unspecified atom stereocenters. The molecular weight excluding hydrogens is 603 g/mol. The monoisotopic (exact) mass is 660 g/mol. The minimum absolute atomic E-state index is 0.00794. The van der Waals surface area contributed by atoms with Crippen molar-refractivity contribution in [1.82, 2.24) is 15.1 Å². The van der Waals surface area contributed by atoms with Crippen LogP contribution in [0.2, 0.25) is 0 Å². The summed E-state index contributed by atoms with van der Waals surface area (Å²) in [4.78, 5) is 31.7. The zero-order valence-electron chi connectivity index (χ0n) is 30.1. The van der Waals surface area contributed by atoms with E-state index in [0.29, 0.717) is 24.8 Å². The maximum absolute atomic E-state index is 13.9. The van der Waals surface area contributed by atoms with Gasteiger partial charge in [0.25, 0.3) is 0 Å². The van der Waals surface area contributed by atoms with Crippen molar-refractivity contribution in [3.8, 4) is 6.07 Å². The molecule has 10 heteroatoms. The van der Waals surface area contributed by atoms with Gasteiger partial charge in [-0.25, -0.2) is 4.79 Å². The van der Waals surface area contributed by atoms with Crippen LogP contribution in [-0.2, 0) is 25.3 Å². The van der Waals surface area contributed by atoms with Gasteiger partial charge < -0.3 is 24.3 Å². The van der Waals surface area contributed by atoms with E-state index in [0.717, 1.165) is 57.2 Å². The fourth-order valence-corrected chi connectivity index (χ4v) is 9.95. The van der Waals surface area contributed by atoms with E-state index in [4.69, 9.17) is 14.0 Å². The van der Waals surface area contributed by atoms with Crippen LogP contribution in [0.3, 0.4) is 0 Å². The molecule has 262 valence electrons. The molecule has 48 heavy (non-hydrogen) atoms. The van der Waals surface area contributed by atoms with Gasteiger partial charge in [-0.3, -0.25) is 9.69 Å². The quantitative estimate of drug-likeness (QED) is 0.290. The van der Waals surface area contributed by atoms with Crippen LogP contribution in [0.1, 0.15) is 98.5 Å². The SMILES string of the molecule is CC(CC(C)(C)N1CCCC1)C(C#N)C(=O)N1CCCC[C@@H]1COC(=O)N[C@@H](Cc1ccccc1)B1O[C@@H]2C[C@@H]3C[C@@H](C3(C)C)[C@]2(C)O1. The Morgan fingerprint density at radius 3 is 2.50 bits per heavy atom. The summed E-state index contributed by atoms with van der Waals surface area (Å²) in [6.07, 6.45) is 7.91. The number of rotatable bonds is 11. The zero-order chi connectivity index (χ0) is 34.3. The number of ether oxygens (including phenoxy) is 1. The maximum Gasteiger partial charge on any atom is 0.482 e. The first-order chi connectivity index (χ1) is 22.8. The summed E-state index contributed by atoms with van der Waals surface area (Å²) in [5, 5.41) is 13.3. The minimum Gasteiger partial charge on any atom is -0.447 e. The molecule has 9 nitrogen and oxygen atoms in total. The van der Waals surface area contributed by atoms with Crippen LogP contribution < -0.4 is 5.32 Å². The summed E-state index contributed by atoms with van der Waals surface area (Å²) in [6.45, 7) is 16.2. The van der Waals surface area contributed by atoms with Gasteiger partial charge in [0, 0.05) is 12.1 Å². The maximum atomic E-state index is 13.9. The Bertz CT molecular complexity index is 1350. The normalized spacial score (nSPS) is 31.6. The fraction of sp³-hybridized carbons (Fsp3) is 0.763. The van der Waals surface area contributed by atoms with Gasteiger partial charge in [0.05, 0.1) is 29.8 Å². The molecule has 0 spiro atoms. The third-order valence-electron chi connectivity index (χ3n) is 13.0. The van der Waals surface area contributed by atoms with E-state index >= 15 is 0 Å². The van der Waals surface area contributed by atoms with E-state index in [1.54, 1.807) is 0 Å². The first-order valence-corrected chi connectivity index (χ1v) is 18.6. The Labute approximate surface area is 288 Å². The Balaban J connectivity index is 1.09. The zero-order valence-corrected chi connectivity index (χ0v) is 30.1. The number of carbonyl (C=O) groups is 2. The predicted octanol–water partition coefficient (Wildman–Crippen LogP) is 6.01. The van der Waals surface area contributed by atoms with Crippen LogP contribution in [0.15, 0.2) is 30.3 Å². The summed E-state index contributed by atoms with van der Waals surface area (Å²) in [6, 6.07) is 12.2. The van der Waals surface area contributed by atoms with E-state index in [9.17, 15) is 14.9 Å². The van der Waals surface area contributed by atoms with Gasteiger partial charge in [0.2, 0.25) is 5.91 Å². The van der Waals surface area contributed by atoms with Gasteiger partial charge in [-0.2, -0.15) is 5.26 Å². The summed E-state index contributed by atoms with van der Waals surface area (Å²) < 4.78 is 19.2. The number of piperidine rings is 1. The highest BCUT2D eigenvalue weighted by Gasteiger charge is 2.68. The van der Waals surface area contributed by atoms with Crippen molar-refractivity contribution < 1.29 is 23.6 Å². The molecule has 0 radical (unpaired) electrons. The van der Waals surface area contributed by atoms with Crippen LogP contribution >= 0.6 is 0 Å². The molecule has 8 atom stereocenters. The molecule has 7 rings (SSSR count). The second-order valence-electron chi connectivity index (χ2n) is 16.9. The largest absolute Gasteiger partial charge is 0.482 e. The summed E-state index contributed by atoms with van der Waals surface area (Å²) >= 11 is 0. The number of benzene rings is 1. The van der Waals surface area contributed by atoms with Crippen LogP contribution in [-0.4, -0.2) is 84.4 Å². The van der Waals surface area contributed by atoms with E-state index in [1.165, 1.54) is 12.8 Å².